The van der Waals surface area contributed by atoms with Gasteiger partial charge in [0.1, 0.15) is 11.5 Å². The number of halogens is 3. The van der Waals surface area contributed by atoms with Crippen LogP contribution in [0.25, 0.3) is 11.2 Å². The van der Waals surface area contributed by atoms with Crippen LogP contribution in [-0.4, -0.2) is 36.8 Å². The Bertz CT molecular complexity index is 1490. The summed E-state index contributed by atoms with van der Waals surface area (Å²) in [5, 5.41) is 9.26. The van der Waals surface area contributed by atoms with E-state index in [1.54, 1.807) is 0 Å². The third kappa shape index (κ3) is 5.85. The summed E-state index contributed by atoms with van der Waals surface area (Å²) in [6.45, 7) is 2.09. The van der Waals surface area contributed by atoms with Crippen molar-refractivity contribution in [3.05, 3.63) is 81.0 Å². The third-order valence-electron chi connectivity index (χ3n) is 5.50. The van der Waals surface area contributed by atoms with Crippen molar-refractivity contribution in [1.29, 1.82) is 0 Å². The Morgan fingerprint density at radius 1 is 0.946 bits per heavy atom. The van der Waals surface area contributed by atoms with Crippen molar-refractivity contribution in [2.45, 2.75) is 45.8 Å². The highest BCUT2D eigenvalue weighted by atomic mass is 19.4. The van der Waals surface area contributed by atoms with Crippen molar-refractivity contribution in [3.63, 3.8) is 0 Å². The molecule has 0 fully saturated rings. The van der Waals surface area contributed by atoms with Crippen LogP contribution < -0.4 is 20.7 Å². The Morgan fingerprint density at radius 3 is 2.35 bits per heavy atom. The summed E-state index contributed by atoms with van der Waals surface area (Å²) >= 11 is 0. The smallest absolute Gasteiger partial charge is 0.425 e. The third-order valence-corrected chi connectivity index (χ3v) is 5.50. The van der Waals surface area contributed by atoms with Gasteiger partial charge in [0, 0.05) is 25.8 Å². The Labute approximate surface area is 208 Å². The zero-order valence-electron chi connectivity index (χ0n) is 19.9. The number of aliphatic hydroxyl groups is 1. The maximum absolute atomic E-state index is 13.5. The summed E-state index contributed by atoms with van der Waals surface area (Å²) in [7, 11) is 0. The zero-order chi connectivity index (χ0) is 26.6. The van der Waals surface area contributed by atoms with Gasteiger partial charge in [-0.15, -0.1) is 13.2 Å². The molecule has 12 heteroatoms. The molecule has 0 aliphatic carbocycles. The van der Waals surface area contributed by atoms with Gasteiger partial charge in [-0.1, -0.05) is 43.3 Å². The second-order valence-corrected chi connectivity index (χ2v) is 8.23. The van der Waals surface area contributed by atoms with E-state index in [0.29, 0.717) is 6.42 Å². The van der Waals surface area contributed by atoms with Gasteiger partial charge in [-0.3, -0.25) is 18.5 Å². The van der Waals surface area contributed by atoms with Crippen LogP contribution in [0.2, 0.25) is 0 Å². The highest BCUT2D eigenvalue weighted by Crippen LogP contribution is 2.30. The molecule has 0 bridgehead atoms. The molecule has 0 saturated carbocycles. The monoisotopic (exact) mass is 518 g/mol. The summed E-state index contributed by atoms with van der Waals surface area (Å²) in [5.74, 6) is -0.485. The Morgan fingerprint density at radius 2 is 1.68 bits per heavy atom. The number of hydrogen-bond acceptors (Lipinski definition) is 6. The average Bonchev–Trinajstić information content (AvgIpc) is 3.19. The summed E-state index contributed by atoms with van der Waals surface area (Å²) in [5.41, 5.74) is -0.161. The molecule has 0 radical (unpaired) electrons. The van der Waals surface area contributed by atoms with Gasteiger partial charge in [0.25, 0.3) is 5.56 Å². The van der Waals surface area contributed by atoms with E-state index in [2.05, 4.69) is 9.72 Å². The summed E-state index contributed by atoms with van der Waals surface area (Å²) in [4.78, 5) is 31.1. The molecule has 4 aromatic rings. The second-order valence-electron chi connectivity index (χ2n) is 8.23. The number of hydrogen-bond donors (Lipinski definition) is 1. The lowest BCUT2D eigenvalue weighted by Crippen LogP contribution is -2.41. The first-order valence-electron chi connectivity index (χ1n) is 11.6. The van der Waals surface area contributed by atoms with Crippen LogP contribution in [0.15, 0.2) is 64.2 Å². The molecule has 2 aromatic heterocycles. The van der Waals surface area contributed by atoms with Crippen LogP contribution in [0.3, 0.4) is 0 Å². The van der Waals surface area contributed by atoms with Crippen molar-refractivity contribution < 1.29 is 27.8 Å². The van der Waals surface area contributed by atoms with Crippen LogP contribution in [0.4, 0.5) is 13.2 Å². The highest BCUT2D eigenvalue weighted by molar-refractivity contribution is 5.72. The standard InChI is InChI=1S/C25H25F3N4O5/c1-2-12-30-21-20(22(34)31(24(30)35)13-7-14-33)32(16-17-8-4-3-5-9-17)23(29-21)36-18-10-6-11-19(15-18)37-25(26,27)28/h3-6,8-11,15,33H,2,7,12-14,16H2,1H3. The number of alkyl halides is 3. The van der Waals surface area contributed by atoms with Gasteiger partial charge in [0.15, 0.2) is 11.2 Å². The second kappa shape index (κ2) is 10.9. The minimum Gasteiger partial charge on any atom is -0.425 e. The zero-order valence-corrected chi connectivity index (χ0v) is 19.9. The Balaban J connectivity index is 1.91. The molecule has 0 unspecified atom stereocenters. The molecule has 2 heterocycles. The molecule has 9 nitrogen and oxygen atoms in total. The molecule has 196 valence electrons. The molecule has 0 amide bonds. The molecule has 1 N–H and O–H groups in total. The van der Waals surface area contributed by atoms with Crippen LogP contribution in [-0.2, 0) is 19.6 Å². The first-order valence-corrected chi connectivity index (χ1v) is 11.6. The van der Waals surface area contributed by atoms with Crippen LogP contribution in [0.1, 0.15) is 25.3 Å². The average molecular weight is 518 g/mol. The number of imidazole rings is 1. The molecular formula is C25H25F3N4O5. The van der Waals surface area contributed by atoms with Gasteiger partial charge in [-0.25, -0.2) is 4.79 Å². The quantitative estimate of drug-likeness (QED) is 0.342. The molecule has 37 heavy (non-hydrogen) atoms. The van der Waals surface area contributed by atoms with Crippen molar-refractivity contribution in [1.82, 2.24) is 18.7 Å². The lowest BCUT2D eigenvalue weighted by molar-refractivity contribution is -0.274. The molecule has 0 saturated heterocycles. The van der Waals surface area contributed by atoms with E-state index in [1.165, 1.54) is 21.3 Å². The Hall–Kier alpha value is -4.06. The maximum atomic E-state index is 13.5. The predicted octanol–water partition coefficient (Wildman–Crippen LogP) is 3.89. The van der Waals surface area contributed by atoms with Crippen molar-refractivity contribution in [2.75, 3.05) is 6.61 Å². The number of ether oxygens (including phenoxy) is 2. The summed E-state index contributed by atoms with van der Waals surface area (Å²) in [6, 6.07) is 14.0. The van der Waals surface area contributed by atoms with Crippen molar-refractivity contribution in [3.8, 4) is 17.5 Å². The van der Waals surface area contributed by atoms with Crippen LogP contribution in [0.5, 0.6) is 17.5 Å². The van der Waals surface area contributed by atoms with Gasteiger partial charge in [0.05, 0.1) is 6.54 Å². The van der Waals surface area contributed by atoms with Crippen molar-refractivity contribution in [2.24, 2.45) is 0 Å². The maximum Gasteiger partial charge on any atom is 0.573 e. The first-order chi connectivity index (χ1) is 17.7. The number of aryl methyl sites for hydroxylation is 1. The SMILES string of the molecule is CCCn1c(=O)n(CCCO)c(=O)c2c1nc(Oc1cccc(OC(F)(F)F)c1)n2Cc1ccccc1. The van der Waals surface area contributed by atoms with E-state index in [0.717, 1.165) is 22.3 Å². The van der Waals surface area contributed by atoms with Gasteiger partial charge < -0.3 is 14.6 Å². The predicted molar refractivity (Wildman–Crippen MR) is 129 cm³/mol. The van der Waals surface area contributed by atoms with Gasteiger partial charge in [-0.2, -0.15) is 4.98 Å². The van der Waals surface area contributed by atoms with E-state index >= 15 is 0 Å². The summed E-state index contributed by atoms with van der Waals surface area (Å²) < 4.78 is 51.9. The lowest BCUT2D eigenvalue weighted by atomic mass is 10.2. The van der Waals surface area contributed by atoms with E-state index in [9.17, 15) is 27.9 Å². The van der Waals surface area contributed by atoms with E-state index in [-0.39, 0.29) is 55.6 Å². The number of rotatable bonds is 10. The minimum atomic E-state index is -4.88. The number of nitrogens with zero attached hydrogens (tertiary/aromatic N) is 4. The highest BCUT2D eigenvalue weighted by Gasteiger charge is 2.31. The van der Waals surface area contributed by atoms with E-state index in [4.69, 9.17) is 4.74 Å². The fourth-order valence-corrected chi connectivity index (χ4v) is 3.95. The van der Waals surface area contributed by atoms with Crippen LogP contribution >= 0.6 is 0 Å². The number of aromatic nitrogens is 4. The minimum absolute atomic E-state index is 0.00337. The molecule has 0 spiro atoms. The topological polar surface area (TPSA) is 101 Å². The van der Waals surface area contributed by atoms with E-state index < -0.39 is 23.4 Å². The van der Waals surface area contributed by atoms with Crippen molar-refractivity contribution >= 4 is 11.2 Å². The molecule has 4 rings (SSSR count). The molecule has 0 aliphatic rings. The molecule has 2 aromatic carbocycles. The van der Waals surface area contributed by atoms with E-state index in [1.807, 2.05) is 37.3 Å². The molecule has 0 aliphatic heterocycles. The number of aliphatic hydroxyl groups excluding tert-OH is 1. The van der Waals surface area contributed by atoms with Gasteiger partial charge >= 0.3 is 18.1 Å². The first kappa shape index (κ1) is 26.0. The lowest BCUT2D eigenvalue weighted by Gasteiger charge is -2.13. The van der Waals surface area contributed by atoms with Crippen LogP contribution in [0, 0.1) is 0 Å². The number of benzene rings is 2. The summed E-state index contributed by atoms with van der Waals surface area (Å²) in [6.07, 6.45) is -4.10. The largest absolute Gasteiger partial charge is 0.573 e. The van der Waals surface area contributed by atoms with Gasteiger partial charge in [-0.05, 0) is 30.5 Å². The van der Waals surface area contributed by atoms with Gasteiger partial charge in [0.2, 0.25) is 0 Å². The number of fused-ring (bicyclic) bond motifs is 1. The normalized spacial score (nSPS) is 11.7. The fraction of sp³-hybridized carbons (Fsp3) is 0.320. The molecule has 0 atom stereocenters. The molecular weight excluding hydrogens is 493 g/mol. The fourth-order valence-electron chi connectivity index (χ4n) is 3.95. The Kier molecular flexibility index (Phi) is 7.67.